The molecule has 0 aliphatic rings. The Morgan fingerprint density at radius 3 is 2.94 bits per heavy atom. The van der Waals surface area contributed by atoms with E-state index in [9.17, 15) is 0 Å². The maximum absolute atomic E-state index is 5.36. The normalized spacial score (nSPS) is 11.3. The Morgan fingerprint density at radius 1 is 1.39 bits per heavy atom. The smallest absolute Gasteiger partial charge is 0.162 e. The number of hydrogen-bond acceptors (Lipinski definition) is 4. The average Bonchev–Trinajstić information content (AvgIpc) is 3.04. The first-order chi connectivity index (χ1) is 8.83. The second kappa shape index (κ2) is 6.71. The maximum Gasteiger partial charge on any atom is 0.162 e. The molecule has 0 aliphatic heterocycles. The Balaban J connectivity index is 1.97. The van der Waals surface area contributed by atoms with E-state index >= 15 is 0 Å². The molecule has 2 rings (SSSR count). The highest BCUT2D eigenvalue weighted by Crippen LogP contribution is 2.24. The second-order valence-corrected chi connectivity index (χ2v) is 5.20. The van der Waals surface area contributed by atoms with Crippen LogP contribution in [-0.4, -0.2) is 23.0 Å². The number of aromatic nitrogens is 1. The number of rotatable bonds is 7. The molecule has 98 valence electrons. The molecule has 0 aliphatic carbocycles. The molecule has 2 aromatic heterocycles. The van der Waals surface area contributed by atoms with E-state index in [1.807, 2.05) is 12.1 Å². The van der Waals surface area contributed by atoms with Crippen molar-refractivity contribution in [3.05, 3.63) is 29.5 Å². The summed E-state index contributed by atoms with van der Waals surface area (Å²) in [5, 5.41) is 3.11. The van der Waals surface area contributed by atoms with Gasteiger partial charge in [-0.1, -0.05) is 20.3 Å². The molecule has 0 unspecified atom stereocenters. The molecule has 2 aromatic rings. The van der Waals surface area contributed by atoms with Gasteiger partial charge >= 0.3 is 0 Å². The van der Waals surface area contributed by atoms with Crippen LogP contribution in [0.5, 0.6) is 0 Å². The molecule has 0 radical (unpaired) electrons. The van der Waals surface area contributed by atoms with Crippen molar-refractivity contribution in [2.45, 2.75) is 33.2 Å². The van der Waals surface area contributed by atoms with Gasteiger partial charge in [0.05, 0.1) is 12.0 Å². The van der Waals surface area contributed by atoms with E-state index in [-0.39, 0.29) is 0 Å². The van der Waals surface area contributed by atoms with Crippen molar-refractivity contribution in [2.75, 3.05) is 13.1 Å². The van der Waals surface area contributed by atoms with Gasteiger partial charge in [0, 0.05) is 11.9 Å². The van der Waals surface area contributed by atoms with Gasteiger partial charge in [0.2, 0.25) is 0 Å². The fourth-order valence-electron chi connectivity index (χ4n) is 1.85. The van der Waals surface area contributed by atoms with Gasteiger partial charge < -0.3 is 4.42 Å². The minimum atomic E-state index is 0.864. The van der Waals surface area contributed by atoms with Crippen LogP contribution in [0.25, 0.3) is 10.8 Å². The summed E-state index contributed by atoms with van der Waals surface area (Å²) < 4.78 is 5.36. The predicted molar refractivity (Wildman–Crippen MR) is 75.7 cm³/mol. The van der Waals surface area contributed by atoms with Gasteiger partial charge in [-0.05, 0) is 31.6 Å². The zero-order valence-corrected chi connectivity index (χ0v) is 11.9. The van der Waals surface area contributed by atoms with E-state index in [0.717, 1.165) is 36.1 Å². The summed E-state index contributed by atoms with van der Waals surface area (Å²) in [7, 11) is 0. The number of unbranched alkanes of at least 4 members (excludes halogenated alkanes) is 1. The van der Waals surface area contributed by atoms with Gasteiger partial charge in [0.25, 0.3) is 0 Å². The summed E-state index contributed by atoms with van der Waals surface area (Å²) in [6, 6.07) is 3.85. The molecule has 0 bridgehead atoms. The molecule has 3 nitrogen and oxygen atoms in total. The highest BCUT2D eigenvalue weighted by molar-refractivity contribution is 7.13. The lowest BCUT2D eigenvalue weighted by Crippen LogP contribution is -2.24. The van der Waals surface area contributed by atoms with Crippen molar-refractivity contribution in [3.8, 4) is 10.8 Å². The molecule has 0 saturated heterocycles. The summed E-state index contributed by atoms with van der Waals surface area (Å²) in [6.07, 6.45) is 4.18. The standard InChI is InChI=1S/C14H20N2OS/c1-3-5-8-16(4-2)10-12-11-18-14(15-12)13-7-6-9-17-13/h6-7,9,11H,3-5,8,10H2,1-2H3. The van der Waals surface area contributed by atoms with Crippen LogP contribution < -0.4 is 0 Å². The third kappa shape index (κ3) is 3.43. The highest BCUT2D eigenvalue weighted by atomic mass is 32.1. The van der Waals surface area contributed by atoms with Gasteiger partial charge in [-0.25, -0.2) is 4.98 Å². The Bertz CT molecular complexity index is 450. The molecular formula is C14H20N2OS. The van der Waals surface area contributed by atoms with Crippen LogP contribution in [0, 0.1) is 0 Å². The average molecular weight is 264 g/mol. The topological polar surface area (TPSA) is 29.3 Å². The maximum atomic E-state index is 5.36. The van der Waals surface area contributed by atoms with Crippen LogP contribution in [0.15, 0.2) is 28.2 Å². The van der Waals surface area contributed by atoms with Crippen LogP contribution in [0.2, 0.25) is 0 Å². The quantitative estimate of drug-likeness (QED) is 0.756. The van der Waals surface area contributed by atoms with Gasteiger partial charge in [-0.2, -0.15) is 0 Å². The predicted octanol–water partition coefficient (Wildman–Crippen LogP) is 4.03. The zero-order valence-electron chi connectivity index (χ0n) is 11.1. The van der Waals surface area contributed by atoms with Crippen LogP contribution in [0.1, 0.15) is 32.4 Å². The molecule has 4 heteroatoms. The Morgan fingerprint density at radius 2 is 2.28 bits per heavy atom. The van der Waals surface area contributed by atoms with Crippen molar-refractivity contribution in [2.24, 2.45) is 0 Å². The van der Waals surface area contributed by atoms with Gasteiger partial charge in [-0.15, -0.1) is 11.3 Å². The molecule has 0 aromatic carbocycles. The molecule has 0 spiro atoms. The summed E-state index contributed by atoms with van der Waals surface area (Å²) in [5.41, 5.74) is 1.14. The minimum Gasteiger partial charge on any atom is -0.462 e. The lowest BCUT2D eigenvalue weighted by Gasteiger charge is -2.18. The van der Waals surface area contributed by atoms with E-state index in [1.54, 1.807) is 17.6 Å². The molecule has 0 N–H and O–H groups in total. The van der Waals surface area contributed by atoms with Crippen LogP contribution in [0.3, 0.4) is 0 Å². The fraction of sp³-hybridized carbons (Fsp3) is 0.500. The number of hydrogen-bond donors (Lipinski definition) is 0. The van der Waals surface area contributed by atoms with Gasteiger partial charge in [-0.3, -0.25) is 4.90 Å². The molecule has 0 saturated carbocycles. The lowest BCUT2D eigenvalue weighted by atomic mass is 10.3. The molecule has 0 amide bonds. The third-order valence-corrected chi connectivity index (χ3v) is 3.85. The largest absolute Gasteiger partial charge is 0.462 e. The van der Waals surface area contributed by atoms with Crippen molar-refractivity contribution in [1.29, 1.82) is 0 Å². The monoisotopic (exact) mass is 264 g/mol. The fourth-order valence-corrected chi connectivity index (χ4v) is 2.63. The summed E-state index contributed by atoms with van der Waals surface area (Å²) in [6.45, 7) is 7.60. The second-order valence-electron chi connectivity index (χ2n) is 4.34. The van der Waals surface area contributed by atoms with Crippen molar-refractivity contribution in [3.63, 3.8) is 0 Å². The van der Waals surface area contributed by atoms with Crippen LogP contribution in [-0.2, 0) is 6.54 Å². The van der Waals surface area contributed by atoms with E-state index in [4.69, 9.17) is 4.42 Å². The minimum absolute atomic E-state index is 0.864. The van der Waals surface area contributed by atoms with Gasteiger partial charge in [0.1, 0.15) is 0 Å². The molecule has 18 heavy (non-hydrogen) atoms. The third-order valence-electron chi connectivity index (χ3n) is 2.94. The van der Waals surface area contributed by atoms with Gasteiger partial charge in [0.15, 0.2) is 10.8 Å². The number of furan rings is 1. The van der Waals surface area contributed by atoms with E-state index in [1.165, 1.54) is 12.8 Å². The first-order valence-electron chi connectivity index (χ1n) is 6.54. The van der Waals surface area contributed by atoms with Crippen molar-refractivity contribution < 1.29 is 4.42 Å². The summed E-state index contributed by atoms with van der Waals surface area (Å²) >= 11 is 1.65. The van der Waals surface area contributed by atoms with E-state index < -0.39 is 0 Å². The van der Waals surface area contributed by atoms with E-state index in [2.05, 4.69) is 29.1 Å². The zero-order chi connectivity index (χ0) is 12.8. The lowest BCUT2D eigenvalue weighted by molar-refractivity contribution is 0.273. The molecule has 2 heterocycles. The first kappa shape index (κ1) is 13.3. The van der Waals surface area contributed by atoms with E-state index in [0.29, 0.717) is 0 Å². The molecular weight excluding hydrogens is 244 g/mol. The Hall–Kier alpha value is -1.13. The molecule has 0 atom stereocenters. The summed E-state index contributed by atoms with van der Waals surface area (Å²) in [5.74, 6) is 0.864. The summed E-state index contributed by atoms with van der Waals surface area (Å²) in [4.78, 5) is 7.07. The highest BCUT2D eigenvalue weighted by Gasteiger charge is 2.09. The van der Waals surface area contributed by atoms with Crippen LogP contribution >= 0.6 is 11.3 Å². The molecule has 0 fully saturated rings. The Labute approximate surface area is 112 Å². The SMILES string of the molecule is CCCCN(CC)Cc1csc(-c2ccco2)n1. The Kier molecular flexibility index (Phi) is 4.96. The van der Waals surface area contributed by atoms with Crippen LogP contribution in [0.4, 0.5) is 0 Å². The van der Waals surface area contributed by atoms with Crippen molar-refractivity contribution in [1.82, 2.24) is 9.88 Å². The number of thiazole rings is 1. The van der Waals surface area contributed by atoms with Crippen molar-refractivity contribution >= 4 is 11.3 Å². The number of nitrogens with zero attached hydrogens (tertiary/aromatic N) is 2. The first-order valence-corrected chi connectivity index (χ1v) is 7.42.